The van der Waals surface area contributed by atoms with Crippen LogP contribution in [0, 0.1) is 17.2 Å². The second-order valence-corrected chi connectivity index (χ2v) is 7.65. The Morgan fingerprint density at radius 3 is 2.56 bits per heavy atom. The SMILES string of the molecule is N#Cc1ccc(Sc2ccc(C(=O)N[C@H]3CN4CCC3CC4)cc2)o1. The summed E-state index contributed by atoms with van der Waals surface area (Å²) in [4.78, 5) is 15.9. The Hall–Kier alpha value is -2.23. The summed E-state index contributed by atoms with van der Waals surface area (Å²) < 4.78 is 5.36. The summed E-state index contributed by atoms with van der Waals surface area (Å²) in [7, 11) is 0. The van der Waals surface area contributed by atoms with Crippen LogP contribution in [0.4, 0.5) is 0 Å². The summed E-state index contributed by atoms with van der Waals surface area (Å²) in [6.45, 7) is 3.32. The molecule has 5 nitrogen and oxygen atoms in total. The zero-order valence-electron chi connectivity index (χ0n) is 13.8. The highest BCUT2D eigenvalue weighted by Gasteiger charge is 2.34. The van der Waals surface area contributed by atoms with Crippen LogP contribution in [-0.2, 0) is 0 Å². The molecule has 5 rings (SSSR count). The summed E-state index contributed by atoms with van der Waals surface area (Å²) in [6, 6.07) is 13.2. The zero-order valence-corrected chi connectivity index (χ0v) is 14.6. The number of piperidine rings is 3. The maximum atomic E-state index is 12.5. The van der Waals surface area contributed by atoms with Crippen molar-refractivity contribution in [3.05, 3.63) is 47.7 Å². The molecule has 0 radical (unpaired) electrons. The molecule has 1 amide bonds. The molecule has 3 aliphatic rings. The summed E-state index contributed by atoms with van der Waals surface area (Å²) >= 11 is 1.43. The molecule has 1 atom stereocenters. The van der Waals surface area contributed by atoms with Gasteiger partial charge < -0.3 is 14.6 Å². The van der Waals surface area contributed by atoms with E-state index in [-0.39, 0.29) is 11.9 Å². The van der Waals surface area contributed by atoms with Crippen LogP contribution in [0.3, 0.4) is 0 Å². The number of carbonyl (C=O) groups excluding carboxylic acids is 1. The molecule has 0 unspecified atom stereocenters. The topological polar surface area (TPSA) is 69.3 Å². The van der Waals surface area contributed by atoms with Gasteiger partial charge >= 0.3 is 0 Å². The largest absolute Gasteiger partial charge is 0.439 e. The van der Waals surface area contributed by atoms with Crippen LogP contribution in [0.5, 0.6) is 0 Å². The second-order valence-electron chi connectivity index (χ2n) is 6.57. The molecule has 2 aromatic rings. The number of amides is 1. The molecule has 3 saturated heterocycles. The maximum Gasteiger partial charge on any atom is 0.251 e. The number of hydrogen-bond donors (Lipinski definition) is 1. The van der Waals surface area contributed by atoms with Crippen LogP contribution in [0.2, 0.25) is 0 Å². The van der Waals surface area contributed by atoms with Gasteiger partial charge in [-0.05, 0) is 68.2 Å². The first kappa shape index (κ1) is 16.2. The molecular weight excluding hydrogens is 334 g/mol. The molecule has 2 bridgehead atoms. The lowest BCUT2D eigenvalue weighted by atomic mass is 9.84. The molecule has 0 spiro atoms. The van der Waals surface area contributed by atoms with Gasteiger partial charge in [0.2, 0.25) is 5.76 Å². The average molecular weight is 353 g/mol. The van der Waals surface area contributed by atoms with Gasteiger partial charge in [-0.25, -0.2) is 0 Å². The van der Waals surface area contributed by atoms with Gasteiger partial charge in [0, 0.05) is 23.0 Å². The molecule has 6 heteroatoms. The Morgan fingerprint density at radius 1 is 1.20 bits per heavy atom. The van der Waals surface area contributed by atoms with Crippen molar-refractivity contribution >= 4 is 17.7 Å². The van der Waals surface area contributed by atoms with Gasteiger partial charge in [-0.3, -0.25) is 4.79 Å². The van der Waals surface area contributed by atoms with E-state index in [0.717, 1.165) is 11.4 Å². The fourth-order valence-corrected chi connectivity index (χ4v) is 4.38. The number of furan rings is 1. The van der Waals surface area contributed by atoms with E-state index >= 15 is 0 Å². The van der Waals surface area contributed by atoms with E-state index in [2.05, 4.69) is 10.2 Å². The van der Waals surface area contributed by atoms with E-state index in [1.807, 2.05) is 30.3 Å². The van der Waals surface area contributed by atoms with E-state index in [4.69, 9.17) is 9.68 Å². The predicted octanol–water partition coefficient (Wildman–Crippen LogP) is 3.13. The van der Waals surface area contributed by atoms with Crippen molar-refractivity contribution < 1.29 is 9.21 Å². The molecule has 4 heterocycles. The average Bonchev–Trinajstić information content (AvgIpc) is 3.11. The summed E-state index contributed by atoms with van der Waals surface area (Å²) in [6.07, 6.45) is 2.38. The van der Waals surface area contributed by atoms with Crippen molar-refractivity contribution in [2.24, 2.45) is 5.92 Å². The standard InChI is InChI=1S/C19H19N3O2S/c20-11-15-3-6-18(24-15)25-16-4-1-14(2-5-16)19(23)21-17-12-22-9-7-13(17)8-10-22/h1-6,13,17H,7-10,12H2,(H,21,23)/t17-/m0/s1. The van der Waals surface area contributed by atoms with Gasteiger partial charge in [0.15, 0.2) is 5.09 Å². The highest BCUT2D eigenvalue weighted by atomic mass is 32.2. The van der Waals surface area contributed by atoms with Gasteiger partial charge in [-0.1, -0.05) is 11.8 Å². The summed E-state index contributed by atoms with van der Waals surface area (Å²) in [5.41, 5.74) is 0.679. The van der Waals surface area contributed by atoms with E-state index in [9.17, 15) is 4.79 Å². The Balaban J connectivity index is 1.38. The third kappa shape index (κ3) is 3.58. The molecule has 3 fully saturated rings. The van der Waals surface area contributed by atoms with Gasteiger partial charge in [-0.2, -0.15) is 5.26 Å². The van der Waals surface area contributed by atoms with Crippen molar-refractivity contribution in [2.75, 3.05) is 19.6 Å². The first-order chi connectivity index (χ1) is 12.2. The van der Waals surface area contributed by atoms with Crippen LogP contribution in [0.1, 0.15) is 29.0 Å². The molecule has 0 aliphatic carbocycles. The minimum atomic E-state index is 0.0000605. The van der Waals surface area contributed by atoms with E-state index in [1.54, 1.807) is 12.1 Å². The van der Waals surface area contributed by atoms with Crippen molar-refractivity contribution in [3.8, 4) is 6.07 Å². The Labute approximate surface area is 151 Å². The van der Waals surface area contributed by atoms with Gasteiger partial charge in [-0.15, -0.1) is 0 Å². The first-order valence-corrected chi connectivity index (χ1v) is 9.34. The van der Waals surface area contributed by atoms with Crippen LogP contribution in [0.25, 0.3) is 0 Å². The van der Waals surface area contributed by atoms with Crippen molar-refractivity contribution in [3.63, 3.8) is 0 Å². The van der Waals surface area contributed by atoms with E-state index < -0.39 is 0 Å². The number of nitriles is 1. The smallest absolute Gasteiger partial charge is 0.251 e. The summed E-state index contributed by atoms with van der Waals surface area (Å²) in [5.74, 6) is 0.924. The third-order valence-corrected chi connectivity index (χ3v) is 5.93. The lowest BCUT2D eigenvalue weighted by Crippen LogP contribution is -2.57. The third-order valence-electron chi connectivity index (χ3n) is 5.00. The molecule has 25 heavy (non-hydrogen) atoms. The second kappa shape index (κ2) is 6.95. The van der Waals surface area contributed by atoms with E-state index in [1.165, 1.54) is 37.7 Å². The van der Waals surface area contributed by atoms with Crippen LogP contribution in [0.15, 0.2) is 50.8 Å². The van der Waals surface area contributed by atoms with Crippen LogP contribution < -0.4 is 5.32 Å². The maximum absolute atomic E-state index is 12.5. The monoisotopic (exact) mass is 353 g/mol. The minimum absolute atomic E-state index is 0.0000605. The lowest BCUT2D eigenvalue weighted by Gasteiger charge is -2.44. The number of rotatable bonds is 4. The Morgan fingerprint density at radius 2 is 1.96 bits per heavy atom. The number of fused-ring (bicyclic) bond motifs is 3. The van der Waals surface area contributed by atoms with Crippen LogP contribution in [-0.4, -0.2) is 36.5 Å². The van der Waals surface area contributed by atoms with Crippen LogP contribution >= 0.6 is 11.8 Å². The number of nitrogens with one attached hydrogen (secondary N) is 1. The highest BCUT2D eigenvalue weighted by Crippen LogP contribution is 2.30. The Kier molecular flexibility index (Phi) is 4.51. The van der Waals surface area contributed by atoms with Crippen molar-refractivity contribution in [2.45, 2.75) is 28.9 Å². The lowest BCUT2D eigenvalue weighted by molar-refractivity contribution is 0.0620. The molecule has 1 aromatic heterocycles. The molecule has 0 saturated carbocycles. The normalized spacial score (nSPS) is 24.7. The zero-order chi connectivity index (χ0) is 17.2. The number of nitrogens with zero attached hydrogens (tertiary/aromatic N) is 2. The number of carbonyl (C=O) groups is 1. The Bertz CT molecular complexity index is 801. The van der Waals surface area contributed by atoms with Gasteiger partial charge in [0.1, 0.15) is 6.07 Å². The van der Waals surface area contributed by atoms with Gasteiger partial charge in [0.05, 0.1) is 0 Å². The molecule has 128 valence electrons. The first-order valence-electron chi connectivity index (χ1n) is 8.52. The summed E-state index contributed by atoms with van der Waals surface area (Å²) in [5, 5.41) is 12.7. The number of hydrogen-bond acceptors (Lipinski definition) is 5. The molecule has 1 aromatic carbocycles. The number of benzene rings is 1. The highest BCUT2D eigenvalue weighted by molar-refractivity contribution is 7.99. The fraction of sp³-hybridized carbons (Fsp3) is 0.368. The van der Waals surface area contributed by atoms with Gasteiger partial charge in [0.25, 0.3) is 5.91 Å². The molecule has 3 aliphatic heterocycles. The predicted molar refractivity (Wildman–Crippen MR) is 94.4 cm³/mol. The fourth-order valence-electron chi connectivity index (χ4n) is 3.61. The molecule has 1 N–H and O–H groups in total. The van der Waals surface area contributed by atoms with E-state index in [0.29, 0.717) is 22.3 Å². The minimum Gasteiger partial charge on any atom is -0.439 e. The molecular formula is C19H19N3O2S. The quantitative estimate of drug-likeness (QED) is 0.914. The van der Waals surface area contributed by atoms with Crippen molar-refractivity contribution in [1.82, 2.24) is 10.2 Å². The van der Waals surface area contributed by atoms with Crippen molar-refractivity contribution in [1.29, 1.82) is 5.26 Å².